The number of rotatable bonds is 2. The van der Waals surface area contributed by atoms with Crippen molar-refractivity contribution >= 4 is 40.6 Å². The van der Waals surface area contributed by atoms with Gasteiger partial charge in [-0.15, -0.1) is 11.8 Å². The summed E-state index contributed by atoms with van der Waals surface area (Å²) in [5, 5.41) is 1.08. The van der Waals surface area contributed by atoms with Crippen molar-refractivity contribution in [3.8, 4) is 0 Å². The second-order valence-corrected chi connectivity index (χ2v) is 12.0. The smallest absolute Gasteiger partial charge is 0.305 e. The molecule has 34 heavy (non-hydrogen) atoms. The Bertz CT molecular complexity index is 1410. The fourth-order valence-electron chi connectivity index (χ4n) is 7.15. The zero-order chi connectivity index (χ0) is 23.3. The number of benzene rings is 2. The Labute approximate surface area is 203 Å². The van der Waals surface area contributed by atoms with Crippen LogP contribution in [-0.4, -0.2) is 22.0 Å². The number of aromatic amines is 1. The lowest BCUT2D eigenvalue weighted by Gasteiger charge is -2.43. The zero-order valence-corrected chi connectivity index (χ0v) is 19.9. The Balaban J connectivity index is 1.34. The number of amides is 2. The van der Waals surface area contributed by atoms with Crippen molar-refractivity contribution in [2.24, 2.45) is 29.6 Å². The van der Waals surface area contributed by atoms with Crippen molar-refractivity contribution in [3.05, 3.63) is 80.0 Å². The quantitative estimate of drug-likeness (QED) is 0.533. The lowest BCUT2D eigenvalue weighted by molar-refractivity contribution is -0.123. The number of imide groups is 1. The summed E-state index contributed by atoms with van der Waals surface area (Å²) in [6, 6.07) is 13.9. The molecule has 0 radical (unpaired) electrons. The van der Waals surface area contributed by atoms with Gasteiger partial charge < -0.3 is 4.98 Å². The number of nitrogens with zero attached hydrogens (tertiary/aromatic N) is 1. The number of thioether (sulfide) groups is 1. The van der Waals surface area contributed by atoms with E-state index in [0.29, 0.717) is 5.69 Å². The first-order chi connectivity index (χ1) is 16.4. The highest BCUT2D eigenvalue weighted by Crippen LogP contribution is 2.68. The zero-order valence-electron chi connectivity index (χ0n) is 18.2. The monoisotopic (exact) mass is 492 g/mol. The molecule has 0 unspecified atom stereocenters. The minimum Gasteiger partial charge on any atom is -0.307 e. The highest BCUT2D eigenvalue weighted by Gasteiger charge is 2.69. The number of halogens is 1. The van der Waals surface area contributed by atoms with Crippen molar-refractivity contribution in [1.82, 2.24) is 4.98 Å². The number of carbonyl (C=O) groups excluding carboxylic acids is 2. The number of H-pyrrole nitrogens is 1. The minimum atomic E-state index is -0.397. The van der Waals surface area contributed by atoms with Gasteiger partial charge in [-0.1, -0.05) is 35.6 Å². The second kappa shape index (κ2) is 7.15. The van der Waals surface area contributed by atoms with Gasteiger partial charge in [0.25, 0.3) is 0 Å². The third kappa shape index (κ3) is 2.64. The van der Waals surface area contributed by atoms with Gasteiger partial charge in [-0.25, -0.2) is 4.39 Å². The maximum absolute atomic E-state index is 13.7. The number of carbonyl (C=O) groups is 2. The van der Waals surface area contributed by atoms with Gasteiger partial charge in [-0.05, 0) is 66.5 Å². The second-order valence-electron chi connectivity index (χ2n) is 9.81. The maximum Gasteiger partial charge on any atom is 0.305 e. The van der Waals surface area contributed by atoms with Crippen LogP contribution in [0.25, 0.3) is 0 Å². The molecule has 2 aliphatic heterocycles. The fraction of sp³-hybridized carbons (Fsp3) is 0.346. The van der Waals surface area contributed by atoms with E-state index in [9.17, 15) is 18.8 Å². The van der Waals surface area contributed by atoms with Gasteiger partial charge >= 0.3 is 4.87 Å². The van der Waals surface area contributed by atoms with E-state index in [4.69, 9.17) is 0 Å². The van der Waals surface area contributed by atoms with Crippen LogP contribution in [0.5, 0.6) is 0 Å². The van der Waals surface area contributed by atoms with E-state index in [1.807, 2.05) is 12.1 Å². The highest BCUT2D eigenvalue weighted by molar-refractivity contribution is 8.00. The van der Waals surface area contributed by atoms with Gasteiger partial charge in [0.15, 0.2) is 0 Å². The molecule has 7 rings (SSSR count). The summed E-state index contributed by atoms with van der Waals surface area (Å²) >= 11 is 2.96. The molecule has 5 nitrogen and oxygen atoms in total. The van der Waals surface area contributed by atoms with Gasteiger partial charge in [0.1, 0.15) is 5.82 Å². The lowest BCUT2D eigenvalue weighted by Crippen LogP contribution is -2.42. The van der Waals surface area contributed by atoms with Crippen LogP contribution >= 0.6 is 23.1 Å². The number of nitrogens with one attached hydrogen (secondary N) is 1. The molecule has 1 saturated heterocycles. The number of hydrogen-bond donors (Lipinski definition) is 1. The fourth-order valence-corrected chi connectivity index (χ4v) is 10.0. The van der Waals surface area contributed by atoms with E-state index in [-0.39, 0.29) is 57.4 Å². The molecule has 3 fully saturated rings. The highest BCUT2D eigenvalue weighted by atomic mass is 32.2. The molecule has 8 heteroatoms. The largest absolute Gasteiger partial charge is 0.307 e. The van der Waals surface area contributed by atoms with Crippen molar-refractivity contribution in [2.75, 3.05) is 4.90 Å². The Kier molecular flexibility index (Phi) is 4.34. The summed E-state index contributed by atoms with van der Waals surface area (Å²) in [5.41, 5.74) is 2.82. The van der Waals surface area contributed by atoms with Crippen molar-refractivity contribution in [1.29, 1.82) is 0 Å². The van der Waals surface area contributed by atoms with Crippen LogP contribution in [0.4, 0.5) is 10.1 Å². The molecule has 3 heterocycles. The van der Waals surface area contributed by atoms with Crippen LogP contribution in [0, 0.1) is 42.3 Å². The predicted molar refractivity (Wildman–Crippen MR) is 129 cm³/mol. The molecule has 2 aliphatic carbocycles. The summed E-state index contributed by atoms with van der Waals surface area (Å²) in [7, 11) is 0. The molecule has 2 amide bonds. The number of hydrogen-bond acceptors (Lipinski definition) is 5. The third-order valence-electron chi connectivity index (χ3n) is 8.33. The molecular formula is C26H21FN2O3S2. The first-order valence-corrected chi connectivity index (χ1v) is 13.2. The van der Waals surface area contributed by atoms with E-state index in [1.165, 1.54) is 51.6 Å². The van der Waals surface area contributed by atoms with E-state index in [1.54, 1.807) is 11.8 Å². The standard InChI is InChI=1S/C26H21FN2O3S2/c1-11-4-2-3-5-14(11)17-18-15-10-16(21(18)33-23-22(17)34-26(32)28-23)20-19(15)24(30)29(25(20)31)13-8-6-12(27)7-9-13/h2-9,15-21H,10H2,1H3,(H,28,32)/t15-,16-,17+,18+,19+,20+,21-/m1/s1. The number of fused-ring (bicyclic) bond motifs is 9. The summed E-state index contributed by atoms with van der Waals surface area (Å²) in [4.78, 5) is 44.9. The molecule has 7 atom stereocenters. The molecule has 2 aromatic carbocycles. The van der Waals surface area contributed by atoms with Gasteiger partial charge in [-0.3, -0.25) is 19.3 Å². The Morgan fingerprint density at radius 3 is 2.41 bits per heavy atom. The average molecular weight is 493 g/mol. The van der Waals surface area contributed by atoms with Crippen LogP contribution in [-0.2, 0) is 9.59 Å². The Hall–Kier alpha value is -2.71. The van der Waals surface area contributed by atoms with Gasteiger partial charge in [0.2, 0.25) is 11.8 Å². The van der Waals surface area contributed by atoms with Crippen molar-refractivity contribution in [2.45, 2.75) is 29.5 Å². The molecular weight excluding hydrogens is 471 g/mol. The number of aromatic nitrogens is 1. The topological polar surface area (TPSA) is 70.2 Å². The molecule has 2 saturated carbocycles. The third-order valence-corrected chi connectivity index (χ3v) is 10.9. The van der Waals surface area contributed by atoms with E-state index in [0.717, 1.165) is 16.3 Å². The summed E-state index contributed by atoms with van der Waals surface area (Å²) in [6.45, 7) is 2.09. The number of anilines is 1. The molecule has 0 spiro atoms. The van der Waals surface area contributed by atoms with Gasteiger partial charge in [-0.2, -0.15) is 0 Å². The van der Waals surface area contributed by atoms with E-state index < -0.39 is 5.82 Å². The summed E-state index contributed by atoms with van der Waals surface area (Å²) < 4.78 is 13.5. The predicted octanol–water partition coefficient (Wildman–Crippen LogP) is 4.56. The molecule has 1 aromatic heterocycles. The van der Waals surface area contributed by atoms with E-state index in [2.05, 4.69) is 24.0 Å². The van der Waals surface area contributed by atoms with Crippen LogP contribution in [0.15, 0.2) is 58.4 Å². The van der Waals surface area contributed by atoms with Gasteiger partial charge in [0, 0.05) is 16.0 Å². The Morgan fingerprint density at radius 2 is 1.68 bits per heavy atom. The molecule has 3 aromatic rings. The molecule has 172 valence electrons. The van der Waals surface area contributed by atoms with Gasteiger partial charge in [0.05, 0.1) is 22.5 Å². The average Bonchev–Trinajstić information content (AvgIpc) is 3.54. The first-order valence-electron chi connectivity index (χ1n) is 11.5. The van der Waals surface area contributed by atoms with Crippen LogP contribution in [0.1, 0.15) is 28.3 Å². The maximum atomic E-state index is 13.7. The SMILES string of the molecule is Cc1ccccc1[C@@H]1c2sc(=O)[nH]c2S[C@@H]2[C@@H]3C[C@@H]([C@@H]4C(=O)N(c5ccc(F)cc5)C(=O)[C@@H]34)[C@@H]12. The summed E-state index contributed by atoms with van der Waals surface area (Å²) in [5.74, 6) is -1.05. The molecule has 1 N–H and O–H groups in total. The molecule has 2 bridgehead atoms. The van der Waals surface area contributed by atoms with Crippen LogP contribution < -0.4 is 9.77 Å². The first kappa shape index (κ1) is 20.6. The van der Waals surface area contributed by atoms with E-state index >= 15 is 0 Å². The number of thiazole rings is 1. The Morgan fingerprint density at radius 1 is 0.971 bits per heavy atom. The minimum absolute atomic E-state index is 0.0325. The normalized spacial score (nSPS) is 33.2. The van der Waals surface area contributed by atoms with Crippen molar-refractivity contribution < 1.29 is 14.0 Å². The van der Waals surface area contributed by atoms with Crippen LogP contribution in [0.2, 0.25) is 0 Å². The lowest BCUT2D eigenvalue weighted by atomic mass is 9.67. The van der Waals surface area contributed by atoms with Crippen molar-refractivity contribution in [3.63, 3.8) is 0 Å². The number of aryl methyl sites for hydroxylation is 1. The summed E-state index contributed by atoms with van der Waals surface area (Å²) in [6.07, 6.45) is 0.855. The molecule has 4 aliphatic rings. The van der Waals surface area contributed by atoms with Crippen LogP contribution in [0.3, 0.4) is 0 Å².